The minimum Gasteiger partial charge on any atom is -0.393 e. The van der Waals surface area contributed by atoms with E-state index in [2.05, 4.69) is 20.1 Å². The molecule has 2 aromatic rings. The van der Waals surface area contributed by atoms with E-state index >= 15 is 0 Å². The number of hydrogen-bond donors (Lipinski definition) is 2. The Labute approximate surface area is 153 Å². The molecule has 2 aromatic heterocycles. The monoisotopic (exact) mass is 357 g/mol. The number of aliphatic hydroxyl groups is 1. The Balaban J connectivity index is 1.38. The number of aryl methyl sites for hydroxylation is 2. The third-order valence-corrected chi connectivity index (χ3v) is 6.15. The number of nitrogens with one attached hydrogen (secondary N) is 1. The summed E-state index contributed by atoms with van der Waals surface area (Å²) >= 11 is 0. The molecule has 3 atom stereocenters. The number of carbonyl (C=O) groups is 1. The van der Waals surface area contributed by atoms with Gasteiger partial charge in [0.15, 0.2) is 0 Å². The Kier molecular flexibility index (Phi) is 4.56. The molecule has 2 N–H and O–H groups in total. The summed E-state index contributed by atoms with van der Waals surface area (Å²) < 4.78 is 3.99. The third-order valence-electron chi connectivity index (χ3n) is 6.15. The minimum atomic E-state index is -0.418. The van der Waals surface area contributed by atoms with E-state index in [1.54, 1.807) is 6.33 Å². The molecule has 0 aromatic carbocycles. The summed E-state index contributed by atoms with van der Waals surface area (Å²) in [5, 5.41) is 21.6. The van der Waals surface area contributed by atoms with Gasteiger partial charge in [0.05, 0.1) is 11.7 Å². The van der Waals surface area contributed by atoms with E-state index in [1.807, 2.05) is 30.9 Å². The molecular weight excluding hydrogens is 330 g/mol. The number of hydrogen-bond acceptors (Lipinski definition) is 4. The number of aromatic nitrogens is 4. The first kappa shape index (κ1) is 17.3. The van der Waals surface area contributed by atoms with Crippen LogP contribution >= 0.6 is 0 Å². The number of rotatable bonds is 5. The largest absolute Gasteiger partial charge is 0.393 e. The second kappa shape index (κ2) is 6.87. The van der Waals surface area contributed by atoms with E-state index in [9.17, 15) is 9.90 Å². The van der Waals surface area contributed by atoms with E-state index < -0.39 is 6.10 Å². The van der Waals surface area contributed by atoms with Crippen molar-refractivity contribution in [2.24, 2.45) is 20.0 Å². The molecule has 2 heterocycles. The first-order chi connectivity index (χ1) is 12.5. The molecule has 140 valence electrons. The quantitative estimate of drug-likeness (QED) is 0.853. The average Bonchev–Trinajstić information content (AvgIpc) is 3.24. The summed E-state index contributed by atoms with van der Waals surface area (Å²) in [5.74, 6) is 1.64. The van der Waals surface area contributed by atoms with E-state index in [-0.39, 0.29) is 17.7 Å². The minimum absolute atomic E-state index is 0.0261. The summed E-state index contributed by atoms with van der Waals surface area (Å²) in [4.78, 5) is 12.7. The molecule has 0 aliphatic heterocycles. The molecule has 0 unspecified atom stereocenters. The van der Waals surface area contributed by atoms with Crippen molar-refractivity contribution in [3.8, 4) is 0 Å². The number of aliphatic hydroxyl groups excluding tert-OH is 1. The molecule has 2 saturated carbocycles. The van der Waals surface area contributed by atoms with Crippen LogP contribution in [0, 0.1) is 5.92 Å². The zero-order chi connectivity index (χ0) is 18.3. The van der Waals surface area contributed by atoms with Crippen molar-refractivity contribution >= 4 is 5.91 Å². The Morgan fingerprint density at radius 2 is 2.08 bits per heavy atom. The SMILES string of the molecule is Cn1cnnc1[C@H]1C[C@H](CNC(=O)c2ccn(C)c2C2CCC2)[C@H](O)C1. The highest BCUT2D eigenvalue weighted by molar-refractivity contribution is 5.95. The van der Waals surface area contributed by atoms with Crippen LogP contribution in [0.4, 0.5) is 0 Å². The normalized spacial score (nSPS) is 26.0. The van der Waals surface area contributed by atoms with Gasteiger partial charge in [-0.1, -0.05) is 6.42 Å². The van der Waals surface area contributed by atoms with Crippen LogP contribution in [0.3, 0.4) is 0 Å². The van der Waals surface area contributed by atoms with Crippen LogP contribution in [0.25, 0.3) is 0 Å². The lowest BCUT2D eigenvalue weighted by atomic mass is 9.81. The van der Waals surface area contributed by atoms with Gasteiger partial charge >= 0.3 is 0 Å². The molecule has 0 bridgehead atoms. The number of amides is 1. The fourth-order valence-electron chi connectivity index (χ4n) is 4.44. The molecular formula is C19H27N5O2. The van der Waals surface area contributed by atoms with Gasteiger partial charge in [-0.25, -0.2) is 0 Å². The molecule has 26 heavy (non-hydrogen) atoms. The summed E-state index contributed by atoms with van der Waals surface area (Å²) in [6.45, 7) is 0.493. The van der Waals surface area contributed by atoms with Crippen LogP contribution in [-0.4, -0.2) is 43.0 Å². The maximum Gasteiger partial charge on any atom is 0.253 e. The van der Waals surface area contributed by atoms with Crippen LogP contribution in [0.5, 0.6) is 0 Å². The highest BCUT2D eigenvalue weighted by atomic mass is 16.3. The highest BCUT2D eigenvalue weighted by Gasteiger charge is 2.36. The topological polar surface area (TPSA) is 85.0 Å². The first-order valence-corrected chi connectivity index (χ1v) is 9.50. The Morgan fingerprint density at radius 3 is 2.73 bits per heavy atom. The molecule has 2 aliphatic rings. The Hall–Kier alpha value is -2.15. The van der Waals surface area contributed by atoms with Crippen LogP contribution < -0.4 is 5.32 Å². The van der Waals surface area contributed by atoms with Gasteiger partial charge in [-0.3, -0.25) is 4.79 Å². The maximum absolute atomic E-state index is 12.7. The van der Waals surface area contributed by atoms with Crippen LogP contribution in [-0.2, 0) is 14.1 Å². The number of nitrogens with zero attached hydrogens (tertiary/aromatic N) is 4. The summed E-state index contributed by atoms with van der Waals surface area (Å²) in [6, 6.07) is 1.91. The molecule has 2 aliphatic carbocycles. The summed E-state index contributed by atoms with van der Waals surface area (Å²) in [7, 11) is 3.94. The predicted octanol–water partition coefficient (Wildman–Crippen LogP) is 1.71. The molecule has 7 nitrogen and oxygen atoms in total. The molecule has 7 heteroatoms. The summed E-state index contributed by atoms with van der Waals surface area (Å²) in [6.07, 6.45) is 8.31. The molecule has 1 amide bonds. The second-order valence-corrected chi connectivity index (χ2v) is 7.86. The van der Waals surface area contributed by atoms with Crippen LogP contribution in [0.2, 0.25) is 0 Å². The fourth-order valence-corrected chi connectivity index (χ4v) is 4.44. The fraction of sp³-hybridized carbons (Fsp3) is 0.632. The zero-order valence-electron chi connectivity index (χ0n) is 15.4. The molecule has 0 radical (unpaired) electrons. The van der Waals surface area contributed by atoms with Gasteiger partial charge in [-0.15, -0.1) is 10.2 Å². The van der Waals surface area contributed by atoms with Gasteiger partial charge in [-0.05, 0) is 37.7 Å². The van der Waals surface area contributed by atoms with Gasteiger partial charge in [0.2, 0.25) is 0 Å². The predicted molar refractivity (Wildman–Crippen MR) is 96.8 cm³/mol. The molecule has 0 spiro atoms. The van der Waals surface area contributed by atoms with Crippen molar-refractivity contribution in [1.29, 1.82) is 0 Å². The van der Waals surface area contributed by atoms with Crippen molar-refractivity contribution in [2.75, 3.05) is 6.54 Å². The lowest BCUT2D eigenvalue weighted by Gasteiger charge is -2.27. The Morgan fingerprint density at radius 1 is 1.27 bits per heavy atom. The van der Waals surface area contributed by atoms with Gasteiger partial charge in [0.1, 0.15) is 12.2 Å². The molecule has 0 saturated heterocycles. The van der Waals surface area contributed by atoms with Crippen molar-refractivity contribution in [3.63, 3.8) is 0 Å². The van der Waals surface area contributed by atoms with Gasteiger partial charge in [0, 0.05) is 44.4 Å². The van der Waals surface area contributed by atoms with E-state index in [0.29, 0.717) is 18.9 Å². The average molecular weight is 357 g/mol. The van der Waals surface area contributed by atoms with Gasteiger partial charge in [-0.2, -0.15) is 0 Å². The molecule has 2 fully saturated rings. The van der Waals surface area contributed by atoms with Crippen LogP contribution in [0.15, 0.2) is 18.6 Å². The maximum atomic E-state index is 12.7. The van der Waals surface area contributed by atoms with E-state index in [1.165, 1.54) is 19.3 Å². The van der Waals surface area contributed by atoms with Crippen molar-refractivity contribution in [2.45, 2.75) is 50.0 Å². The van der Waals surface area contributed by atoms with Crippen molar-refractivity contribution < 1.29 is 9.90 Å². The lowest BCUT2D eigenvalue weighted by Crippen LogP contribution is -2.33. The van der Waals surface area contributed by atoms with Gasteiger partial charge in [0.25, 0.3) is 5.91 Å². The Bertz CT molecular complexity index is 792. The van der Waals surface area contributed by atoms with Crippen LogP contribution in [0.1, 0.15) is 65.8 Å². The highest BCUT2D eigenvalue weighted by Crippen LogP contribution is 2.39. The number of carbonyl (C=O) groups excluding carboxylic acids is 1. The smallest absolute Gasteiger partial charge is 0.253 e. The van der Waals surface area contributed by atoms with E-state index in [0.717, 1.165) is 23.5 Å². The first-order valence-electron chi connectivity index (χ1n) is 9.50. The summed E-state index contributed by atoms with van der Waals surface area (Å²) in [5.41, 5.74) is 1.94. The van der Waals surface area contributed by atoms with Crippen molar-refractivity contribution in [1.82, 2.24) is 24.6 Å². The van der Waals surface area contributed by atoms with Crippen molar-refractivity contribution in [3.05, 3.63) is 35.7 Å². The standard InChI is InChI=1S/C19H27N5O2/c1-23-7-6-15(17(23)12-4-3-5-12)19(26)20-10-14-8-13(9-16(14)25)18-22-21-11-24(18)2/h6-7,11-14,16,25H,3-5,8-10H2,1-2H3,(H,20,26)/t13-,14+,16+/m0/s1. The second-order valence-electron chi connectivity index (χ2n) is 7.86. The molecule has 4 rings (SSSR count). The third kappa shape index (κ3) is 3.05. The van der Waals surface area contributed by atoms with Gasteiger partial charge < -0.3 is 19.6 Å². The zero-order valence-corrected chi connectivity index (χ0v) is 15.4. The lowest BCUT2D eigenvalue weighted by molar-refractivity contribution is 0.0914. The van der Waals surface area contributed by atoms with E-state index in [4.69, 9.17) is 0 Å².